The Bertz CT molecular complexity index is 1500. The summed E-state index contributed by atoms with van der Waals surface area (Å²) in [4.78, 5) is 0. The van der Waals surface area contributed by atoms with Crippen molar-refractivity contribution in [3.63, 3.8) is 0 Å². The van der Waals surface area contributed by atoms with Crippen molar-refractivity contribution in [1.82, 2.24) is 0 Å². The largest absolute Gasteiger partial charge is 0.399 e. The van der Waals surface area contributed by atoms with Gasteiger partial charge in [-0.25, -0.2) is 0 Å². The molecule has 10 N–H and O–H groups in total. The van der Waals surface area contributed by atoms with E-state index in [1.807, 2.05) is 94.4 Å². The predicted octanol–water partition coefficient (Wildman–Crippen LogP) is 10.4. The topological polar surface area (TPSA) is 128 Å². The summed E-state index contributed by atoms with van der Waals surface area (Å²) in [6.07, 6.45) is 10.0. The highest BCUT2D eigenvalue weighted by Crippen LogP contribution is 2.38. The number of nitrogens with one attached hydrogen (secondary N) is 2. The Morgan fingerprint density at radius 3 is 1.53 bits per heavy atom. The molecule has 1 atom stereocenters. The minimum absolute atomic E-state index is 0.0831. The van der Waals surface area contributed by atoms with Gasteiger partial charge in [-0.2, -0.15) is 0 Å². The lowest BCUT2D eigenvalue weighted by Gasteiger charge is -2.30. The predicted molar refractivity (Wildman–Crippen MR) is 207 cm³/mol. The Morgan fingerprint density at radius 1 is 0.667 bits per heavy atom. The Hall–Kier alpha value is -5.10. The minimum Gasteiger partial charge on any atom is -0.399 e. The van der Waals surface area contributed by atoms with Gasteiger partial charge in [0.2, 0.25) is 0 Å². The Morgan fingerprint density at radius 2 is 1.09 bits per heavy atom. The van der Waals surface area contributed by atoms with E-state index in [1.165, 1.54) is 12.0 Å². The van der Waals surface area contributed by atoms with Crippen LogP contribution < -0.4 is 33.6 Å². The molecule has 1 heterocycles. The Balaban J connectivity index is 0.000000640. The average Bonchev–Trinajstić information content (AvgIpc) is 3.07. The van der Waals surface area contributed by atoms with Crippen molar-refractivity contribution in [1.29, 1.82) is 0 Å². The molecular formula is C39H56N6. The number of nitrogen functional groups attached to an aromatic ring is 3. The first-order valence-corrected chi connectivity index (χ1v) is 15.6. The second-order valence-corrected chi connectivity index (χ2v) is 9.40. The van der Waals surface area contributed by atoms with E-state index in [9.17, 15) is 0 Å². The molecule has 6 heteroatoms. The van der Waals surface area contributed by atoms with Crippen LogP contribution in [0.3, 0.4) is 0 Å². The monoisotopic (exact) mass is 608 g/mol. The third kappa shape index (κ3) is 12.2. The summed E-state index contributed by atoms with van der Waals surface area (Å²) in [5, 5.41) is 11.3. The smallest absolute Gasteiger partial charge is 0.119 e. The third-order valence-electron chi connectivity index (χ3n) is 6.05. The molecule has 4 aromatic rings. The number of benzene rings is 4. The van der Waals surface area contributed by atoms with Gasteiger partial charge in [0.25, 0.3) is 0 Å². The van der Waals surface area contributed by atoms with Crippen LogP contribution >= 0.6 is 0 Å². The molecule has 4 aromatic carbocycles. The molecule has 0 aromatic heterocycles. The van der Waals surface area contributed by atoms with E-state index in [4.69, 9.17) is 22.9 Å². The first kappa shape index (κ1) is 39.9. The van der Waals surface area contributed by atoms with E-state index in [0.29, 0.717) is 5.70 Å². The molecule has 242 valence electrons. The maximum Gasteiger partial charge on any atom is 0.119 e. The van der Waals surface area contributed by atoms with Crippen LogP contribution in [0.2, 0.25) is 0 Å². The first-order valence-electron chi connectivity index (χ1n) is 15.6. The zero-order chi connectivity index (χ0) is 34.4. The van der Waals surface area contributed by atoms with Crippen LogP contribution in [0.25, 0.3) is 21.5 Å². The number of rotatable bonds is 4. The highest BCUT2D eigenvalue weighted by Gasteiger charge is 2.20. The Labute approximate surface area is 272 Å². The first-order chi connectivity index (χ1) is 21.7. The number of hydrogen-bond donors (Lipinski definition) is 6. The van der Waals surface area contributed by atoms with Crippen molar-refractivity contribution in [3.8, 4) is 0 Å². The highest BCUT2D eigenvalue weighted by molar-refractivity contribution is 6.09. The average molecular weight is 609 g/mol. The molecule has 6 nitrogen and oxygen atoms in total. The lowest BCUT2D eigenvalue weighted by atomic mass is 10.0. The van der Waals surface area contributed by atoms with E-state index < -0.39 is 0 Å². The van der Waals surface area contributed by atoms with Gasteiger partial charge in [0.05, 0.1) is 0 Å². The Kier molecular flexibility index (Phi) is 19.9. The van der Waals surface area contributed by atoms with Crippen LogP contribution in [0.4, 0.5) is 28.4 Å². The molecule has 45 heavy (non-hydrogen) atoms. The van der Waals surface area contributed by atoms with Crippen LogP contribution in [0, 0.1) is 0 Å². The van der Waals surface area contributed by atoms with E-state index in [-0.39, 0.29) is 6.17 Å². The molecule has 0 aliphatic carbocycles. The van der Waals surface area contributed by atoms with Crippen molar-refractivity contribution in [3.05, 3.63) is 128 Å². The molecule has 1 aliphatic heterocycles. The third-order valence-corrected chi connectivity index (χ3v) is 6.05. The number of allylic oxidation sites excluding steroid dienone is 5. The van der Waals surface area contributed by atoms with Gasteiger partial charge in [0, 0.05) is 55.7 Å². The number of fused-ring (bicyclic) bond motifs is 1. The maximum atomic E-state index is 6.03. The summed E-state index contributed by atoms with van der Waals surface area (Å²) in [5.74, 6) is 0. The molecule has 0 saturated heterocycles. The van der Waals surface area contributed by atoms with Gasteiger partial charge in [0.15, 0.2) is 0 Å². The summed E-state index contributed by atoms with van der Waals surface area (Å²) in [7, 11) is 0. The molecule has 0 bridgehead atoms. The fourth-order valence-electron chi connectivity index (χ4n) is 4.08. The molecule has 5 rings (SSSR count). The normalized spacial score (nSPS) is 12.6. The maximum absolute atomic E-state index is 6.03. The summed E-state index contributed by atoms with van der Waals surface area (Å²) in [6, 6.07) is 21.7. The van der Waals surface area contributed by atoms with E-state index in [1.54, 1.807) is 24.3 Å². The standard InChI is InChI=1S/C16H17N3.C10H10N2.C6H9N.C3H8.2C2H6/c1-3-5-10(2)16-18-13-7-4-6-11-12(17)8-9-14(19-16)15(11)13;11-9-5-6-10(12)8-4-2-1-3-7(8)9;1-3-5-6(7)4-2;1-3-2;2*1-2/h3-9,16,18-19H,1,17H2,2H3;1-6H,11-12H2;3-5H,1-2,7H2;3H2,1-2H3;2*1-2H3/b10-5+;;6-5+;;;. The molecule has 1 unspecified atom stereocenters. The lowest BCUT2D eigenvalue weighted by molar-refractivity contribution is 0.934. The van der Waals surface area contributed by atoms with Crippen LogP contribution in [0.5, 0.6) is 0 Å². The van der Waals surface area contributed by atoms with Gasteiger partial charge in [-0.05, 0) is 55.0 Å². The van der Waals surface area contributed by atoms with Crippen LogP contribution in [-0.4, -0.2) is 6.17 Å². The zero-order valence-corrected chi connectivity index (χ0v) is 28.5. The van der Waals surface area contributed by atoms with Gasteiger partial charge >= 0.3 is 0 Å². The summed E-state index contributed by atoms with van der Waals surface area (Å²) in [5.41, 5.74) is 29.3. The van der Waals surface area contributed by atoms with Crippen molar-refractivity contribution < 1.29 is 0 Å². The molecule has 0 radical (unpaired) electrons. The van der Waals surface area contributed by atoms with Crippen molar-refractivity contribution in [2.45, 2.75) is 61.1 Å². The highest BCUT2D eigenvalue weighted by atomic mass is 15.1. The van der Waals surface area contributed by atoms with Gasteiger partial charge in [-0.1, -0.05) is 122 Å². The SMILES string of the molecule is C=C/C=C(/N)C=C.C=C/C=C(\C)C1Nc2cccc3c(N)ccc(c23)N1.CC.CC.CCC.Nc1ccc(N)c2ccccc12. The zero-order valence-electron chi connectivity index (χ0n) is 28.5. The van der Waals surface area contributed by atoms with Crippen LogP contribution in [-0.2, 0) is 0 Å². The summed E-state index contributed by atoms with van der Waals surface area (Å²) >= 11 is 0. The molecule has 0 spiro atoms. The minimum atomic E-state index is 0.0831. The van der Waals surface area contributed by atoms with Crippen molar-refractivity contribution in [2.75, 3.05) is 27.8 Å². The molecule has 0 amide bonds. The number of nitrogens with two attached hydrogens (primary N) is 4. The van der Waals surface area contributed by atoms with Gasteiger partial charge in [-0.15, -0.1) is 0 Å². The second-order valence-electron chi connectivity index (χ2n) is 9.40. The van der Waals surface area contributed by atoms with Gasteiger partial charge < -0.3 is 33.6 Å². The van der Waals surface area contributed by atoms with E-state index >= 15 is 0 Å². The lowest BCUT2D eigenvalue weighted by Crippen LogP contribution is -2.32. The fourth-order valence-corrected chi connectivity index (χ4v) is 4.08. The van der Waals surface area contributed by atoms with Gasteiger partial charge in [0.1, 0.15) is 6.17 Å². The van der Waals surface area contributed by atoms with E-state index in [2.05, 4.69) is 57.2 Å². The van der Waals surface area contributed by atoms with Gasteiger partial charge in [-0.3, -0.25) is 0 Å². The quantitative estimate of drug-likeness (QED) is 0.101. The molecular weight excluding hydrogens is 552 g/mol. The molecule has 1 aliphatic rings. The van der Waals surface area contributed by atoms with E-state index in [0.717, 1.165) is 50.0 Å². The number of hydrogen-bond acceptors (Lipinski definition) is 6. The van der Waals surface area contributed by atoms with Crippen molar-refractivity contribution >= 4 is 50.0 Å². The summed E-state index contributed by atoms with van der Waals surface area (Å²) < 4.78 is 0. The number of anilines is 5. The molecule has 0 fully saturated rings. The van der Waals surface area contributed by atoms with Crippen LogP contribution in [0.1, 0.15) is 54.9 Å². The summed E-state index contributed by atoms with van der Waals surface area (Å²) in [6.45, 7) is 25.0. The van der Waals surface area contributed by atoms with Crippen molar-refractivity contribution in [2.24, 2.45) is 5.73 Å². The second kappa shape index (κ2) is 22.4. The van der Waals surface area contributed by atoms with Crippen LogP contribution in [0.15, 0.2) is 128 Å². The molecule has 0 saturated carbocycles. The fraction of sp³-hybridized carbons (Fsp3) is 0.231.